The van der Waals surface area contributed by atoms with Crippen LogP contribution in [0.5, 0.6) is 5.75 Å². The lowest BCUT2D eigenvalue weighted by Crippen LogP contribution is -2.25. The van der Waals surface area contributed by atoms with Gasteiger partial charge in [-0.3, -0.25) is 14.6 Å². The van der Waals surface area contributed by atoms with Gasteiger partial charge >= 0.3 is 0 Å². The molecule has 128 valence electrons. The molecule has 6 nitrogen and oxygen atoms in total. The van der Waals surface area contributed by atoms with Crippen LogP contribution >= 0.6 is 0 Å². The SMILES string of the molecule is COc1ccc(C)cc1/C(O)=C1\C(=O)C(=O)N(C)C1c1ccccn1. The number of nitrogens with zero attached hydrogens (tertiary/aromatic N) is 2. The first-order valence-corrected chi connectivity index (χ1v) is 7.76. The first-order valence-electron chi connectivity index (χ1n) is 7.76. The molecule has 1 saturated heterocycles. The van der Waals surface area contributed by atoms with E-state index in [1.807, 2.05) is 13.0 Å². The second-order valence-electron chi connectivity index (χ2n) is 5.87. The third kappa shape index (κ3) is 2.76. The highest BCUT2D eigenvalue weighted by molar-refractivity contribution is 6.46. The molecule has 25 heavy (non-hydrogen) atoms. The number of amides is 1. The Morgan fingerprint density at radius 2 is 2.00 bits per heavy atom. The van der Waals surface area contributed by atoms with Gasteiger partial charge in [0.2, 0.25) is 0 Å². The number of hydrogen-bond acceptors (Lipinski definition) is 5. The van der Waals surface area contributed by atoms with Crippen LogP contribution in [-0.4, -0.2) is 40.8 Å². The summed E-state index contributed by atoms with van der Waals surface area (Å²) in [7, 11) is 3.00. The standard InChI is InChI=1S/C19H18N2O4/c1-11-7-8-14(25-3)12(10-11)17(22)15-16(13-6-4-5-9-20-13)21(2)19(24)18(15)23/h4-10,16,22H,1-3H3/b17-15+. The van der Waals surface area contributed by atoms with Crippen molar-refractivity contribution < 1.29 is 19.4 Å². The monoisotopic (exact) mass is 338 g/mol. The summed E-state index contributed by atoms with van der Waals surface area (Å²) < 4.78 is 5.29. The van der Waals surface area contributed by atoms with Gasteiger partial charge in [0.25, 0.3) is 11.7 Å². The molecule has 1 amide bonds. The van der Waals surface area contributed by atoms with Crippen molar-refractivity contribution in [3.8, 4) is 5.75 Å². The molecule has 1 unspecified atom stereocenters. The number of hydrogen-bond donors (Lipinski definition) is 1. The van der Waals surface area contributed by atoms with E-state index in [2.05, 4.69) is 4.98 Å². The summed E-state index contributed by atoms with van der Waals surface area (Å²) in [6, 6.07) is 9.75. The lowest BCUT2D eigenvalue weighted by atomic mass is 9.97. The summed E-state index contributed by atoms with van der Waals surface area (Å²) in [4.78, 5) is 30.3. The molecule has 2 aromatic rings. The van der Waals surface area contributed by atoms with Crippen LogP contribution in [0.25, 0.3) is 5.76 Å². The van der Waals surface area contributed by atoms with Crippen molar-refractivity contribution in [2.75, 3.05) is 14.2 Å². The van der Waals surface area contributed by atoms with Gasteiger partial charge in [0, 0.05) is 13.2 Å². The molecule has 1 aliphatic rings. The zero-order valence-electron chi connectivity index (χ0n) is 14.2. The zero-order valence-corrected chi connectivity index (χ0v) is 14.2. The van der Waals surface area contributed by atoms with Gasteiger partial charge < -0.3 is 14.7 Å². The third-order valence-corrected chi connectivity index (χ3v) is 4.25. The smallest absolute Gasteiger partial charge is 0.295 e. The first-order chi connectivity index (χ1) is 12.0. The Bertz CT molecular complexity index is 874. The van der Waals surface area contributed by atoms with Crippen LogP contribution in [0.15, 0.2) is 48.2 Å². The molecule has 0 bridgehead atoms. The molecule has 0 saturated carbocycles. The van der Waals surface area contributed by atoms with Crippen LogP contribution in [0.3, 0.4) is 0 Å². The number of ether oxygens (including phenoxy) is 1. The molecular weight excluding hydrogens is 320 g/mol. The fraction of sp³-hybridized carbons (Fsp3) is 0.211. The number of aryl methyl sites for hydroxylation is 1. The average molecular weight is 338 g/mol. The second kappa shape index (κ2) is 6.39. The van der Waals surface area contributed by atoms with Gasteiger partial charge in [0.1, 0.15) is 17.6 Å². The van der Waals surface area contributed by atoms with Crippen molar-refractivity contribution >= 4 is 17.4 Å². The maximum absolute atomic E-state index is 12.5. The fourth-order valence-electron chi connectivity index (χ4n) is 2.98. The average Bonchev–Trinajstić information content (AvgIpc) is 2.86. The van der Waals surface area contributed by atoms with Crippen LogP contribution in [0.2, 0.25) is 0 Å². The molecular formula is C19H18N2O4. The highest BCUT2D eigenvalue weighted by atomic mass is 16.5. The Hall–Kier alpha value is -3.15. The number of Topliss-reactive ketones (excluding diaryl/α,β-unsaturated/α-hetero) is 1. The second-order valence-corrected chi connectivity index (χ2v) is 5.87. The Balaban J connectivity index is 2.24. The predicted octanol–water partition coefficient (Wildman–Crippen LogP) is 2.45. The molecule has 1 atom stereocenters. The topological polar surface area (TPSA) is 79.7 Å². The van der Waals surface area contributed by atoms with E-state index in [-0.39, 0.29) is 11.3 Å². The van der Waals surface area contributed by atoms with Crippen molar-refractivity contribution in [1.29, 1.82) is 0 Å². The van der Waals surface area contributed by atoms with Crippen molar-refractivity contribution in [2.24, 2.45) is 0 Å². The number of benzene rings is 1. The highest BCUT2D eigenvalue weighted by Gasteiger charge is 2.45. The van der Waals surface area contributed by atoms with Gasteiger partial charge in [-0.15, -0.1) is 0 Å². The Labute approximate surface area is 145 Å². The molecule has 2 heterocycles. The predicted molar refractivity (Wildman–Crippen MR) is 92.0 cm³/mol. The summed E-state index contributed by atoms with van der Waals surface area (Å²) >= 11 is 0. The van der Waals surface area contributed by atoms with E-state index in [0.717, 1.165) is 5.56 Å². The van der Waals surface area contributed by atoms with E-state index < -0.39 is 17.7 Å². The Kier molecular flexibility index (Phi) is 4.27. The van der Waals surface area contributed by atoms with Crippen LogP contribution in [-0.2, 0) is 9.59 Å². The van der Waals surface area contributed by atoms with E-state index in [1.165, 1.54) is 19.1 Å². The molecule has 1 aromatic heterocycles. The third-order valence-electron chi connectivity index (χ3n) is 4.25. The van der Waals surface area contributed by atoms with Gasteiger partial charge in [-0.25, -0.2) is 0 Å². The lowest BCUT2D eigenvalue weighted by Gasteiger charge is -2.20. The molecule has 0 radical (unpaired) electrons. The molecule has 1 fully saturated rings. The minimum absolute atomic E-state index is 0.00935. The molecule has 6 heteroatoms. The summed E-state index contributed by atoms with van der Waals surface area (Å²) in [5.41, 5.74) is 1.78. The van der Waals surface area contributed by atoms with E-state index in [0.29, 0.717) is 17.0 Å². The van der Waals surface area contributed by atoms with E-state index >= 15 is 0 Å². The molecule has 1 aromatic carbocycles. The highest BCUT2D eigenvalue weighted by Crippen LogP contribution is 2.39. The minimum atomic E-state index is -0.744. The number of carbonyl (C=O) groups excluding carboxylic acids is 2. The normalized spacial score (nSPS) is 19.3. The number of aliphatic hydroxyl groups is 1. The maximum atomic E-state index is 12.5. The molecule has 0 aliphatic carbocycles. The van der Waals surface area contributed by atoms with Crippen LogP contribution in [0.1, 0.15) is 22.9 Å². The van der Waals surface area contributed by atoms with Gasteiger partial charge in [-0.1, -0.05) is 17.7 Å². The number of rotatable bonds is 3. The van der Waals surface area contributed by atoms with E-state index in [9.17, 15) is 14.7 Å². The summed E-state index contributed by atoms with van der Waals surface area (Å²) in [5, 5.41) is 10.9. The van der Waals surface area contributed by atoms with E-state index in [1.54, 1.807) is 36.5 Å². The fourth-order valence-corrected chi connectivity index (χ4v) is 2.98. The number of likely N-dealkylation sites (N-methyl/N-ethyl adjacent to an activating group) is 1. The quantitative estimate of drug-likeness (QED) is 0.528. The molecule has 3 rings (SSSR count). The Morgan fingerprint density at radius 1 is 1.24 bits per heavy atom. The number of methoxy groups -OCH3 is 1. The molecule has 0 spiro atoms. The lowest BCUT2D eigenvalue weighted by molar-refractivity contribution is -0.139. The summed E-state index contributed by atoms with van der Waals surface area (Å²) in [6.07, 6.45) is 1.58. The van der Waals surface area contributed by atoms with Crippen molar-refractivity contribution in [1.82, 2.24) is 9.88 Å². The number of aliphatic hydroxyl groups excluding tert-OH is 1. The summed E-state index contributed by atoms with van der Waals surface area (Å²) in [5.74, 6) is -1.26. The van der Waals surface area contributed by atoms with Crippen molar-refractivity contribution in [3.05, 3.63) is 65.0 Å². The van der Waals surface area contributed by atoms with Crippen molar-refractivity contribution in [3.63, 3.8) is 0 Å². The van der Waals surface area contributed by atoms with Crippen LogP contribution in [0, 0.1) is 6.92 Å². The van der Waals surface area contributed by atoms with Gasteiger partial charge in [-0.2, -0.15) is 0 Å². The zero-order chi connectivity index (χ0) is 18.1. The molecule has 1 N–H and O–H groups in total. The van der Waals surface area contributed by atoms with Gasteiger partial charge in [-0.05, 0) is 31.2 Å². The molecule has 1 aliphatic heterocycles. The van der Waals surface area contributed by atoms with Gasteiger partial charge in [0.05, 0.1) is 23.9 Å². The Morgan fingerprint density at radius 3 is 2.64 bits per heavy atom. The van der Waals surface area contributed by atoms with Crippen LogP contribution < -0.4 is 4.74 Å². The number of carbonyl (C=O) groups is 2. The van der Waals surface area contributed by atoms with E-state index in [4.69, 9.17) is 4.74 Å². The number of likely N-dealkylation sites (tertiary alicyclic amines) is 1. The number of aromatic nitrogens is 1. The first kappa shape index (κ1) is 16.7. The summed E-state index contributed by atoms with van der Waals surface area (Å²) in [6.45, 7) is 1.87. The van der Waals surface area contributed by atoms with Crippen molar-refractivity contribution in [2.45, 2.75) is 13.0 Å². The number of pyridine rings is 1. The van der Waals surface area contributed by atoms with Crippen LogP contribution in [0.4, 0.5) is 0 Å². The minimum Gasteiger partial charge on any atom is -0.507 e. The maximum Gasteiger partial charge on any atom is 0.295 e. The number of ketones is 1. The largest absolute Gasteiger partial charge is 0.507 e. The van der Waals surface area contributed by atoms with Gasteiger partial charge in [0.15, 0.2) is 0 Å².